The van der Waals surface area contributed by atoms with E-state index in [1.54, 1.807) is 28.4 Å². The van der Waals surface area contributed by atoms with Crippen LogP contribution >= 0.6 is 0 Å². The zero-order valence-electron chi connectivity index (χ0n) is 17.0. The quantitative estimate of drug-likeness (QED) is 0.479. The monoisotopic (exact) mass is 388 g/mol. The van der Waals surface area contributed by atoms with E-state index in [0.29, 0.717) is 0 Å². The Morgan fingerprint density at radius 2 is 0.963 bits per heavy atom. The molecule has 0 aliphatic rings. The van der Waals surface area contributed by atoms with Crippen LogP contribution in [0.15, 0.2) is 48.5 Å². The highest BCUT2D eigenvalue weighted by molar-refractivity contribution is 6.67. The Morgan fingerprint density at radius 1 is 0.593 bits per heavy atom. The first-order valence-electron chi connectivity index (χ1n) is 9.51. The summed E-state index contributed by atoms with van der Waals surface area (Å²) in [5.41, 5.74) is 2.65. The van der Waals surface area contributed by atoms with Gasteiger partial charge in [0.25, 0.3) is 0 Å². The Labute approximate surface area is 164 Å². The molecule has 27 heavy (non-hydrogen) atoms. The Hall–Kier alpha value is -1.82. The largest absolute Gasteiger partial charge is 0.497 e. The second-order valence-corrected chi connectivity index (χ2v) is 10.4. The van der Waals surface area contributed by atoms with Gasteiger partial charge < -0.3 is 18.3 Å². The topological polar surface area (TPSA) is 36.9 Å². The molecule has 0 aliphatic heterocycles. The molecule has 2 aromatic rings. The fourth-order valence-corrected chi connectivity index (χ4v) is 5.99. The van der Waals surface area contributed by atoms with Crippen molar-refractivity contribution in [3.63, 3.8) is 0 Å². The summed E-state index contributed by atoms with van der Waals surface area (Å²) in [6.45, 7) is 0. The van der Waals surface area contributed by atoms with Crippen LogP contribution in [0.3, 0.4) is 0 Å². The number of benzene rings is 2. The number of aryl methyl sites for hydroxylation is 2. The van der Waals surface area contributed by atoms with Gasteiger partial charge in [0.05, 0.1) is 14.2 Å². The molecular formula is C22H32O4Si. The lowest BCUT2D eigenvalue weighted by Gasteiger charge is -2.27. The highest BCUT2D eigenvalue weighted by atomic mass is 28.4. The first-order chi connectivity index (χ1) is 13.1. The number of rotatable bonds is 12. The molecule has 0 radical (unpaired) electrons. The molecule has 4 nitrogen and oxygen atoms in total. The molecule has 5 heteroatoms. The predicted octanol–water partition coefficient (Wildman–Crippen LogP) is 5.00. The molecule has 0 N–H and O–H groups in total. The molecule has 0 spiro atoms. The summed E-state index contributed by atoms with van der Waals surface area (Å²) in [6.07, 6.45) is 4.21. The van der Waals surface area contributed by atoms with Crippen LogP contribution < -0.4 is 9.47 Å². The number of ether oxygens (including phenoxy) is 2. The molecule has 0 fully saturated rings. The van der Waals surface area contributed by atoms with E-state index in [2.05, 4.69) is 24.3 Å². The second kappa shape index (κ2) is 11.1. The molecule has 0 amide bonds. The molecule has 0 unspecified atom stereocenters. The van der Waals surface area contributed by atoms with Crippen LogP contribution in [-0.2, 0) is 21.7 Å². The van der Waals surface area contributed by atoms with Gasteiger partial charge in [0.1, 0.15) is 11.5 Å². The van der Waals surface area contributed by atoms with Gasteiger partial charge in [-0.05, 0) is 73.2 Å². The lowest BCUT2D eigenvalue weighted by molar-refractivity contribution is 0.239. The highest BCUT2D eigenvalue weighted by Crippen LogP contribution is 2.25. The molecule has 0 aromatic heterocycles. The van der Waals surface area contributed by atoms with Crippen LogP contribution in [0.1, 0.15) is 24.0 Å². The fourth-order valence-electron chi connectivity index (χ4n) is 3.32. The van der Waals surface area contributed by atoms with E-state index in [9.17, 15) is 0 Å². The summed E-state index contributed by atoms with van der Waals surface area (Å²) in [4.78, 5) is 0. The Kier molecular flexibility index (Phi) is 8.84. The minimum Gasteiger partial charge on any atom is -0.497 e. The van der Waals surface area contributed by atoms with Crippen molar-refractivity contribution in [3.05, 3.63) is 59.7 Å². The van der Waals surface area contributed by atoms with Crippen LogP contribution in [0, 0.1) is 0 Å². The molecule has 148 valence electrons. The smallest absolute Gasteiger partial charge is 0.337 e. The average molecular weight is 389 g/mol. The maximum Gasteiger partial charge on any atom is 0.337 e. The van der Waals surface area contributed by atoms with Gasteiger partial charge in [-0.25, -0.2) is 0 Å². The van der Waals surface area contributed by atoms with Crippen LogP contribution in [-0.4, -0.2) is 37.0 Å². The molecular weight excluding hydrogens is 356 g/mol. The minimum absolute atomic E-state index is 0.898. The van der Waals surface area contributed by atoms with Crippen molar-refractivity contribution >= 4 is 8.56 Å². The van der Waals surface area contributed by atoms with E-state index in [-0.39, 0.29) is 0 Å². The first kappa shape index (κ1) is 21.5. The van der Waals surface area contributed by atoms with E-state index in [4.69, 9.17) is 18.3 Å². The predicted molar refractivity (Wildman–Crippen MR) is 112 cm³/mol. The summed E-state index contributed by atoms with van der Waals surface area (Å²) in [5, 5.41) is 0. The summed E-state index contributed by atoms with van der Waals surface area (Å²) < 4.78 is 22.3. The van der Waals surface area contributed by atoms with Gasteiger partial charge in [-0.1, -0.05) is 24.3 Å². The zero-order valence-corrected chi connectivity index (χ0v) is 18.0. The fraction of sp³-hybridized carbons (Fsp3) is 0.455. The zero-order chi connectivity index (χ0) is 19.5. The number of hydrogen-bond donors (Lipinski definition) is 0. The van der Waals surface area contributed by atoms with E-state index < -0.39 is 8.56 Å². The van der Waals surface area contributed by atoms with Gasteiger partial charge in [-0.3, -0.25) is 0 Å². The molecule has 0 heterocycles. The molecule has 0 aliphatic carbocycles. The highest BCUT2D eigenvalue weighted by Gasteiger charge is 2.34. The molecule has 2 rings (SSSR count). The Bertz CT molecular complexity index is 596. The van der Waals surface area contributed by atoms with Crippen LogP contribution in [0.25, 0.3) is 0 Å². The van der Waals surface area contributed by atoms with Crippen LogP contribution in [0.4, 0.5) is 0 Å². The molecule has 0 bridgehead atoms. The minimum atomic E-state index is -2.14. The standard InChI is InChI=1S/C22H32O4Si/c1-23-21-13-9-19(10-14-21)7-5-17-27(25-3,26-4)18-6-8-20-11-15-22(24-2)16-12-20/h9-16H,5-8,17-18H2,1-4H3. The van der Waals surface area contributed by atoms with Crippen molar-refractivity contribution in [2.45, 2.75) is 37.8 Å². The van der Waals surface area contributed by atoms with Crippen molar-refractivity contribution < 1.29 is 18.3 Å². The van der Waals surface area contributed by atoms with Crippen molar-refractivity contribution in [1.82, 2.24) is 0 Å². The number of hydrogen-bond acceptors (Lipinski definition) is 4. The lowest BCUT2D eigenvalue weighted by Crippen LogP contribution is -2.40. The van der Waals surface area contributed by atoms with Gasteiger partial charge in [0.2, 0.25) is 0 Å². The van der Waals surface area contributed by atoms with Gasteiger partial charge >= 0.3 is 8.56 Å². The van der Waals surface area contributed by atoms with Gasteiger partial charge in [-0.15, -0.1) is 0 Å². The molecule has 0 saturated carbocycles. The maximum absolute atomic E-state index is 5.91. The third-order valence-corrected chi connectivity index (χ3v) is 8.83. The Morgan fingerprint density at radius 3 is 1.26 bits per heavy atom. The van der Waals surface area contributed by atoms with Gasteiger partial charge in [-0.2, -0.15) is 0 Å². The Balaban J connectivity index is 1.81. The lowest BCUT2D eigenvalue weighted by atomic mass is 10.1. The van der Waals surface area contributed by atoms with E-state index in [1.165, 1.54) is 11.1 Å². The summed E-state index contributed by atoms with van der Waals surface area (Å²) in [7, 11) is 4.85. The summed E-state index contributed by atoms with van der Waals surface area (Å²) in [5.74, 6) is 1.80. The SMILES string of the molecule is COc1ccc(CCC[Si](CCCc2ccc(OC)cc2)(OC)OC)cc1. The third-order valence-electron chi connectivity index (χ3n) is 5.11. The molecule has 0 atom stereocenters. The summed E-state index contributed by atoms with van der Waals surface area (Å²) >= 11 is 0. The van der Waals surface area contributed by atoms with E-state index in [1.807, 2.05) is 24.3 Å². The van der Waals surface area contributed by atoms with Crippen molar-refractivity contribution in [2.24, 2.45) is 0 Å². The van der Waals surface area contributed by atoms with Crippen molar-refractivity contribution in [2.75, 3.05) is 28.4 Å². The van der Waals surface area contributed by atoms with Gasteiger partial charge in [0, 0.05) is 14.2 Å². The normalized spacial score (nSPS) is 11.4. The first-order valence-corrected chi connectivity index (χ1v) is 11.7. The van der Waals surface area contributed by atoms with E-state index in [0.717, 1.165) is 49.3 Å². The van der Waals surface area contributed by atoms with Crippen LogP contribution in [0.5, 0.6) is 11.5 Å². The number of methoxy groups -OCH3 is 2. The van der Waals surface area contributed by atoms with Crippen LogP contribution in [0.2, 0.25) is 12.1 Å². The maximum atomic E-state index is 5.91. The molecule has 0 saturated heterocycles. The second-order valence-electron chi connectivity index (χ2n) is 6.72. The van der Waals surface area contributed by atoms with Crippen molar-refractivity contribution in [3.8, 4) is 11.5 Å². The van der Waals surface area contributed by atoms with Gasteiger partial charge in [0.15, 0.2) is 0 Å². The average Bonchev–Trinajstić information content (AvgIpc) is 2.73. The van der Waals surface area contributed by atoms with E-state index >= 15 is 0 Å². The van der Waals surface area contributed by atoms with Crippen molar-refractivity contribution in [1.29, 1.82) is 0 Å². The third kappa shape index (κ3) is 6.68. The summed E-state index contributed by atoms with van der Waals surface area (Å²) in [6, 6.07) is 18.6. The molecule has 2 aromatic carbocycles.